The summed E-state index contributed by atoms with van der Waals surface area (Å²) in [7, 11) is -3.64. The molecule has 0 radical (unpaired) electrons. The zero-order chi connectivity index (χ0) is 20.1. The van der Waals surface area contributed by atoms with E-state index in [1.165, 1.54) is 24.4 Å². The van der Waals surface area contributed by atoms with E-state index in [0.717, 1.165) is 11.3 Å². The minimum absolute atomic E-state index is 0.107. The van der Waals surface area contributed by atoms with Crippen molar-refractivity contribution in [3.63, 3.8) is 0 Å². The summed E-state index contributed by atoms with van der Waals surface area (Å²) >= 11 is 1.000. The summed E-state index contributed by atoms with van der Waals surface area (Å²) in [6.07, 6.45) is 0. The third-order valence-corrected chi connectivity index (χ3v) is 6.07. The zero-order valence-electron chi connectivity index (χ0n) is 14.8. The number of benzene rings is 2. The first-order valence-corrected chi connectivity index (χ1v) is 10.7. The Labute approximate surface area is 165 Å². The number of esters is 1. The van der Waals surface area contributed by atoms with Crippen molar-refractivity contribution in [3.05, 3.63) is 71.1 Å². The van der Waals surface area contributed by atoms with Gasteiger partial charge in [0.25, 0.3) is 5.91 Å². The average Bonchev–Trinajstić information content (AvgIpc) is 3.11. The van der Waals surface area contributed by atoms with Crippen molar-refractivity contribution in [1.29, 1.82) is 0 Å². The molecule has 0 aliphatic carbocycles. The Balaban J connectivity index is 1.76. The molecule has 144 valence electrons. The van der Waals surface area contributed by atoms with Crippen LogP contribution in [0, 0.1) is 0 Å². The molecule has 0 bridgehead atoms. The molecule has 0 atom stereocenters. The molecule has 3 rings (SSSR count). The van der Waals surface area contributed by atoms with Gasteiger partial charge in [-0.3, -0.25) is 14.9 Å². The Morgan fingerprint density at radius 2 is 1.75 bits per heavy atom. The van der Waals surface area contributed by atoms with Gasteiger partial charge in [0.05, 0.1) is 11.3 Å². The Hall–Kier alpha value is -3.04. The van der Waals surface area contributed by atoms with Gasteiger partial charge in [-0.05, 0) is 17.7 Å². The number of para-hydroxylation sites is 1. The molecule has 3 aromatic rings. The molecular weight excluding hydrogens is 400 g/mol. The third kappa shape index (κ3) is 4.81. The number of ether oxygens (including phenoxy) is 1. The van der Waals surface area contributed by atoms with Crippen molar-refractivity contribution >= 4 is 38.2 Å². The van der Waals surface area contributed by atoms with Gasteiger partial charge in [-0.1, -0.05) is 42.5 Å². The molecule has 0 unspecified atom stereocenters. The summed E-state index contributed by atoms with van der Waals surface area (Å²) in [5.74, 6) is -1.18. The van der Waals surface area contributed by atoms with Crippen LogP contribution in [0.3, 0.4) is 0 Å². The van der Waals surface area contributed by atoms with E-state index in [2.05, 4.69) is 10.3 Å². The van der Waals surface area contributed by atoms with Gasteiger partial charge >= 0.3 is 5.97 Å². The van der Waals surface area contributed by atoms with E-state index in [4.69, 9.17) is 4.74 Å². The van der Waals surface area contributed by atoms with Crippen LogP contribution in [0.5, 0.6) is 5.75 Å². The smallest absolute Gasteiger partial charge is 0.308 e. The lowest BCUT2D eigenvalue weighted by Gasteiger charge is -2.07. The quantitative estimate of drug-likeness (QED) is 0.489. The fourth-order valence-corrected chi connectivity index (χ4v) is 4.76. The Kier molecular flexibility index (Phi) is 5.86. The van der Waals surface area contributed by atoms with E-state index >= 15 is 0 Å². The van der Waals surface area contributed by atoms with E-state index in [1.54, 1.807) is 42.5 Å². The number of thiazole rings is 1. The maximum Gasteiger partial charge on any atom is 0.308 e. The van der Waals surface area contributed by atoms with Crippen LogP contribution in [-0.2, 0) is 20.4 Å². The molecule has 1 N–H and O–H groups in total. The number of carbonyl (C=O) groups is 2. The number of hydrogen-bond donors (Lipinski definition) is 1. The van der Waals surface area contributed by atoms with E-state index < -0.39 is 21.7 Å². The number of hydrogen-bond acceptors (Lipinski definition) is 7. The normalized spacial score (nSPS) is 11.0. The highest BCUT2D eigenvalue weighted by molar-refractivity contribution is 7.90. The highest BCUT2D eigenvalue weighted by Gasteiger charge is 2.21. The number of sulfone groups is 1. The van der Waals surface area contributed by atoms with E-state index in [-0.39, 0.29) is 27.2 Å². The standard InChI is InChI=1S/C19H16N2O5S2/c1-13(22)26-16-10-6-5-9-15(16)18(23)21-19-20-17(11-27-19)28(24,25)12-14-7-3-2-4-8-14/h2-11H,12H2,1H3,(H,20,21,23). The van der Waals surface area contributed by atoms with Crippen LogP contribution in [0.25, 0.3) is 0 Å². The molecule has 0 spiro atoms. The van der Waals surface area contributed by atoms with Crippen LogP contribution in [-0.4, -0.2) is 25.3 Å². The van der Waals surface area contributed by atoms with Gasteiger partial charge in [-0.25, -0.2) is 13.4 Å². The number of carbonyl (C=O) groups excluding carboxylic acids is 2. The van der Waals surface area contributed by atoms with Crippen molar-refractivity contribution in [1.82, 2.24) is 4.98 Å². The number of amides is 1. The highest BCUT2D eigenvalue weighted by Crippen LogP contribution is 2.24. The molecule has 1 heterocycles. The molecule has 2 aromatic carbocycles. The molecule has 9 heteroatoms. The maximum atomic E-state index is 12.5. The molecule has 7 nitrogen and oxygen atoms in total. The molecule has 0 saturated carbocycles. The van der Waals surface area contributed by atoms with Gasteiger partial charge in [-0.2, -0.15) is 0 Å². The van der Waals surface area contributed by atoms with Gasteiger partial charge in [0.15, 0.2) is 10.2 Å². The lowest BCUT2D eigenvalue weighted by atomic mass is 10.2. The summed E-state index contributed by atoms with van der Waals surface area (Å²) in [6.45, 7) is 1.24. The van der Waals surface area contributed by atoms with Crippen LogP contribution < -0.4 is 10.1 Å². The predicted octanol–water partition coefficient (Wildman–Crippen LogP) is 3.29. The second kappa shape index (κ2) is 8.32. The molecule has 1 amide bonds. The Morgan fingerprint density at radius 1 is 1.07 bits per heavy atom. The third-order valence-electron chi connectivity index (χ3n) is 3.61. The predicted molar refractivity (Wildman–Crippen MR) is 105 cm³/mol. The van der Waals surface area contributed by atoms with Crippen LogP contribution >= 0.6 is 11.3 Å². The van der Waals surface area contributed by atoms with Crippen LogP contribution in [0.4, 0.5) is 5.13 Å². The highest BCUT2D eigenvalue weighted by atomic mass is 32.2. The minimum atomic E-state index is -3.64. The summed E-state index contributed by atoms with van der Waals surface area (Å²) in [6, 6.07) is 15.0. The van der Waals surface area contributed by atoms with Crippen LogP contribution in [0.15, 0.2) is 65.0 Å². The monoisotopic (exact) mass is 416 g/mol. The van der Waals surface area contributed by atoms with Gasteiger partial charge in [0.1, 0.15) is 5.75 Å². The lowest BCUT2D eigenvalue weighted by Crippen LogP contribution is -2.15. The Bertz CT molecular complexity index is 1110. The van der Waals surface area contributed by atoms with Gasteiger partial charge in [0.2, 0.25) is 9.84 Å². The second-order valence-electron chi connectivity index (χ2n) is 5.78. The summed E-state index contributed by atoms with van der Waals surface area (Å²) in [5, 5.41) is 3.95. The minimum Gasteiger partial charge on any atom is -0.426 e. The van der Waals surface area contributed by atoms with E-state index in [1.807, 2.05) is 0 Å². The van der Waals surface area contributed by atoms with Crippen molar-refractivity contribution in [3.8, 4) is 5.75 Å². The molecule has 1 aromatic heterocycles. The molecule has 0 saturated heterocycles. The summed E-state index contributed by atoms with van der Waals surface area (Å²) in [5.41, 5.74) is 0.790. The first-order valence-electron chi connectivity index (χ1n) is 8.16. The molecule has 0 aliphatic rings. The molecule has 0 aliphatic heterocycles. The number of rotatable bonds is 6. The van der Waals surface area contributed by atoms with Crippen molar-refractivity contribution in [2.45, 2.75) is 17.7 Å². The number of aromatic nitrogens is 1. The van der Waals surface area contributed by atoms with Crippen molar-refractivity contribution in [2.75, 3.05) is 5.32 Å². The Morgan fingerprint density at radius 3 is 2.46 bits per heavy atom. The zero-order valence-corrected chi connectivity index (χ0v) is 16.4. The van der Waals surface area contributed by atoms with Crippen LogP contribution in [0.2, 0.25) is 0 Å². The van der Waals surface area contributed by atoms with Gasteiger partial charge < -0.3 is 4.74 Å². The summed E-state index contributed by atoms with van der Waals surface area (Å²) in [4.78, 5) is 27.7. The average molecular weight is 416 g/mol. The van der Waals surface area contributed by atoms with E-state index in [9.17, 15) is 18.0 Å². The SMILES string of the molecule is CC(=O)Oc1ccccc1C(=O)Nc1nc(S(=O)(=O)Cc2ccccc2)cs1. The number of nitrogens with one attached hydrogen (secondary N) is 1. The number of nitrogens with zero attached hydrogens (tertiary/aromatic N) is 1. The molecular formula is C19H16N2O5S2. The summed E-state index contributed by atoms with van der Waals surface area (Å²) < 4.78 is 30.1. The second-order valence-corrected chi connectivity index (χ2v) is 8.57. The van der Waals surface area contributed by atoms with Crippen LogP contribution in [0.1, 0.15) is 22.8 Å². The fraction of sp³-hybridized carbons (Fsp3) is 0.105. The molecule has 28 heavy (non-hydrogen) atoms. The number of anilines is 1. The first kappa shape index (κ1) is 19.7. The lowest BCUT2D eigenvalue weighted by molar-refractivity contribution is -0.131. The van der Waals surface area contributed by atoms with E-state index in [0.29, 0.717) is 5.56 Å². The molecule has 0 fully saturated rings. The van der Waals surface area contributed by atoms with Crippen molar-refractivity contribution in [2.24, 2.45) is 0 Å². The topological polar surface area (TPSA) is 102 Å². The van der Waals surface area contributed by atoms with Crippen molar-refractivity contribution < 1.29 is 22.7 Å². The fourth-order valence-electron chi connectivity index (χ4n) is 2.39. The van der Waals surface area contributed by atoms with Gasteiger partial charge in [-0.15, -0.1) is 11.3 Å². The van der Waals surface area contributed by atoms with Gasteiger partial charge in [0, 0.05) is 12.3 Å². The largest absolute Gasteiger partial charge is 0.426 e. The first-order chi connectivity index (χ1) is 13.3. The maximum absolute atomic E-state index is 12.5.